The second-order valence-electron chi connectivity index (χ2n) is 5.75. The van der Waals surface area contributed by atoms with E-state index < -0.39 is 0 Å². The molecule has 3 aromatic rings. The number of thiophene rings is 1. The lowest BCUT2D eigenvalue weighted by Gasteiger charge is -2.18. The van der Waals surface area contributed by atoms with Gasteiger partial charge in [0.2, 0.25) is 0 Å². The second-order valence-corrected chi connectivity index (χ2v) is 8.60. The molecule has 0 bridgehead atoms. The van der Waals surface area contributed by atoms with Gasteiger partial charge in [0.15, 0.2) is 16.0 Å². The van der Waals surface area contributed by atoms with Crippen LogP contribution in [0.25, 0.3) is 15.9 Å². The Morgan fingerprint density at radius 1 is 1.39 bits per heavy atom. The van der Waals surface area contributed by atoms with Gasteiger partial charge in [-0.15, -0.1) is 28.1 Å². The predicted molar refractivity (Wildman–Crippen MR) is 100 cm³/mol. The molecule has 3 aromatic heterocycles. The van der Waals surface area contributed by atoms with E-state index in [1.165, 1.54) is 35.1 Å². The summed E-state index contributed by atoms with van der Waals surface area (Å²) in [5, 5.41) is 12.1. The highest BCUT2D eigenvalue weighted by Gasteiger charge is 2.26. The van der Waals surface area contributed by atoms with E-state index in [-0.39, 0.29) is 0 Å². The maximum absolute atomic E-state index is 4.93. The van der Waals surface area contributed by atoms with Crippen LogP contribution in [0.5, 0.6) is 0 Å². The molecule has 0 fully saturated rings. The average Bonchev–Trinajstić information content (AvgIpc) is 3.13. The molecule has 0 radical (unpaired) electrons. The van der Waals surface area contributed by atoms with Crippen molar-refractivity contribution in [2.45, 2.75) is 42.4 Å². The van der Waals surface area contributed by atoms with Crippen molar-refractivity contribution < 1.29 is 0 Å². The predicted octanol–water partition coefficient (Wildman–Crippen LogP) is 4.78. The highest BCUT2D eigenvalue weighted by Crippen LogP contribution is 2.43. The summed E-state index contributed by atoms with van der Waals surface area (Å²) >= 11 is 5.15. The van der Waals surface area contributed by atoms with E-state index in [1.807, 2.05) is 17.4 Å². The highest BCUT2D eigenvalue weighted by atomic mass is 32.2. The van der Waals surface area contributed by atoms with Crippen LogP contribution in [-0.4, -0.2) is 31.6 Å². The molecule has 0 saturated heterocycles. The van der Waals surface area contributed by atoms with E-state index in [0.717, 1.165) is 26.5 Å². The smallest absolute Gasteiger partial charge is 0.198 e. The van der Waals surface area contributed by atoms with Crippen LogP contribution in [0.15, 0.2) is 23.0 Å². The third-order valence-electron chi connectivity index (χ3n) is 4.30. The minimum Gasteiger partial charge on any atom is -0.248 e. The Hall–Kier alpha value is -1.05. The van der Waals surface area contributed by atoms with Gasteiger partial charge in [0.05, 0.1) is 5.39 Å². The molecule has 4 nitrogen and oxygen atoms in total. The minimum absolute atomic E-state index is 0.583. The molecule has 4 rings (SSSR count). The normalized spacial score (nSPS) is 17.7. The van der Waals surface area contributed by atoms with Crippen LogP contribution in [0.4, 0.5) is 0 Å². The topological polar surface area (TPSA) is 43.1 Å². The Morgan fingerprint density at radius 3 is 3.04 bits per heavy atom. The van der Waals surface area contributed by atoms with Gasteiger partial charge in [-0.05, 0) is 37.0 Å². The van der Waals surface area contributed by atoms with Crippen molar-refractivity contribution in [3.05, 3.63) is 23.1 Å². The fourth-order valence-corrected chi connectivity index (χ4v) is 5.95. The zero-order valence-corrected chi connectivity index (χ0v) is 15.7. The third-order valence-corrected chi connectivity index (χ3v) is 7.02. The van der Waals surface area contributed by atoms with Crippen molar-refractivity contribution in [3.8, 4) is 0 Å². The second kappa shape index (κ2) is 6.11. The molecule has 0 amide bonds. The maximum Gasteiger partial charge on any atom is 0.198 e. The zero-order valence-electron chi connectivity index (χ0n) is 13.2. The quantitative estimate of drug-likeness (QED) is 0.380. The van der Waals surface area contributed by atoms with Crippen LogP contribution in [0.3, 0.4) is 0 Å². The monoisotopic (exact) mass is 362 g/mol. The average molecular weight is 363 g/mol. The summed E-state index contributed by atoms with van der Waals surface area (Å²) in [6.07, 6.45) is 7.66. The summed E-state index contributed by atoms with van der Waals surface area (Å²) in [5.74, 6) is 1.41. The van der Waals surface area contributed by atoms with Gasteiger partial charge in [0, 0.05) is 10.6 Å². The van der Waals surface area contributed by atoms with Crippen LogP contribution in [0, 0.1) is 0 Å². The first-order valence-corrected chi connectivity index (χ1v) is 10.7. The van der Waals surface area contributed by atoms with Gasteiger partial charge in [-0.1, -0.05) is 36.5 Å². The molecule has 0 aromatic carbocycles. The number of thioether (sulfide) groups is 2. The van der Waals surface area contributed by atoms with E-state index in [1.54, 1.807) is 23.5 Å². The molecule has 0 spiro atoms. The van der Waals surface area contributed by atoms with E-state index in [9.17, 15) is 0 Å². The van der Waals surface area contributed by atoms with Crippen molar-refractivity contribution in [1.29, 1.82) is 0 Å². The number of rotatable bonds is 4. The molecule has 1 aliphatic rings. The fourth-order valence-electron chi connectivity index (χ4n) is 3.30. The van der Waals surface area contributed by atoms with Crippen molar-refractivity contribution in [3.63, 3.8) is 0 Å². The number of nitrogens with zero attached hydrogens (tertiary/aromatic N) is 4. The number of fused-ring (bicyclic) bond motifs is 5. The first-order chi connectivity index (χ1) is 11.2. The molecule has 1 unspecified atom stereocenters. The molecule has 1 atom stereocenters. The lowest BCUT2D eigenvalue weighted by atomic mass is 9.87. The molecular weight excluding hydrogens is 344 g/mol. The van der Waals surface area contributed by atoms with E-state index in [2.05, 4.69) is 34.4 Å². The maximum atomic E-state index is 4.93. The van der Waals surface area contributed by atoms with Crippen molar-refractivity contribution in [2.75, 3.05) is 12.0 Å². The molecule has 120 valence electrons. The van der Waals surface area contributed by atoms with Crippen molar-refractivity contribution in [2.24, 2.45) is 0 Å². The van der Waals surface area contributed by atoms with E-state index >= 15 is 0 Å². The summed E-state index contributed by atoms with van der Waals surface area (Å²) in [5.41, 5.74) is 2.44. The van der Waals surface area contributed by atoms with Gasteiger partial charge in [0.25, 0.3) is 0 Å². The molecule has 0 aliphatic heterocycles. The number of aromatic nitrogens is 4. The first kappa shape index (κ1) is 15.5. The summed E-state index contributed by atoms with van der Waals surface area (Å²) in [6.45, 7) is 6.12. The van der Waals surface area contributed by atoms with Crippen LogP contribution >= 0.6 is 34.9 Å². The number of hydrogen-bond acceptors (Lipinski definition) is 6. The molecule has 23 heavy (non-hydrogen) atoms. The highest BCUT2D eigenvalue weighted by molar-refractivity contribution is 7.99. The summed E-state index contributed by atoms with van der Waals surface area (Å²) < 4.78 is 2.12. The Kier molecular flexibility index (Phi) is 4.11. The third kappa shape index (κ3) is 2.40. The van der Waals surface area contributed by atoms with E-state index in [0.29, 0.717) is 5.92 Å². The number of hydrogen-bond donors (Lipinski definition) is 0. The van der Waals surface area contributed by atoms with Gasteiger partial charge in [-0.25, -0.2) is 9.38 Å². The zero-order chi connectivity index (χ0) is 16.0. The summed E-state index contributed by atoms with van der Waals surface area (Å²) in [6, 6.07) is 0. The molecule has 0 N–H and O–H groups in total. The molecule has 0 saturated carbocycles. The Morgan fingerprint density at radius 2 is 2.26 bits per heavy atom. The SMILES string of the molecule is C=CCSc1nnc2c3c4c(sc3nc(SC)n12)CCCC4C. The molecule has 1 aliphatic carbocycles. The number of aryl methyl sites for hydroxylation is 1. The van der Waals surface area contributed by atoms with Gasteiger partial charge in [0.1, 0.15) is 4.83 Å². The molecule has 7 heteroatoms. The standard InChI is InChI=1S/C16H18N4S3/c1-4-8-22-16-19-18-13-12-11-9(2)6-5-7-10(11)23-14(12)17-15(21-3)20(13)16/h4,9H,1,5-8H2,2-3H3. The lowest BCUT2D eigenvalue weighted by molar-refractivity contribution is 0.602. The van der Waals surface area contributed by atoms with Crippen LogP contribution in [-0.2, 0) is 6.42 Å². The Bertz CT molecular complexity index is 896. The van der Waals surface area contributed by atoms with Gasteiger partial charge >= 0.3 is 0 Å². The van der Waals surface area contributed by atoms with Crippen molar-refractivity contribution >= 4 is 50.7 Å². The van der Waals surface area contributed by atoms with Crippen molar-refractivity contribution in [1.82, 2.24) is 19.6 Å². The largest absolute Gasteiger partial charge is 0.248 e. The minimum atomic E-state index is 0.583. The van der Waals surface area contributed by atoms with Gasteiger partial charge in [-0.2, -0.15) is 0 Å². The Balaban J connectivity index is 2.04. The van der Waals surface area contributed by atoms with Gasteiger partial charge in [-0.3, -0.25) is 0 Å². The first-order valence-electron chi connectivity index (χ1n) is 7.72. The van der Waals surface area contributed by atoms with Crippen LogP contribution in [0.1, 0.15) is 36.1 Å². The molecule has 3 heterocycles. The van der Waals surface area contributed by atoms with Crippen LogP contribution < -0.4 is 0 Å². The molecular formula is C16H18N4S3. The Labute approximate surface area is 147 Å². The summed E-state index contributed by atoms with van der Waals surface area (Å²) in [7, 11) is 0. The lowest BCUT2D eigenvalue weighted by Crippen LogP contribution is -2.04. The van der Waals surface area contributed by atoms with E-state index in [4.69, 9.17) is 4.98 Å². The fraction of sp³-hybridized carbons (Fsp3) is 0.438. The van der Waals surface area contributed by atoms with Crippen LogP contribution in [0.2, 0.25) is 0 Å². The van der Waals surface area contributed by atoms with Gasteiger partial charge < -0.3 is 0 Å². The summed E-state index contributed by atoms with van der Waals surface area (Å²) in [4.78, 5) is 7.54.